The lowest BCUT2D eigenvalue weighted by atomic mass is 10.1. The van der Waals surface area contributed by atoms with E-state index in [0.29, 0.717) is 12.6 Å². The molecule has 1 aromatic carbocycles. The predicted molar refractivity (Wildman–Crippen MR) is 81.8 cm³/mol. The Bertz CT molecular complexity index is 619. The van der Waals surface area contributed by atoms with E-state index in [1.54, 1.807) is 12.1 Å². The minimum absolute atomic E-state index is 0.192. The molecule has 0 unspecified atom stereocenters. The van der Waals surface area contributed by atoms with E-state index in [2.05, 4.69) is 5.32 Å². The molecule has 112 valence electrons. The number of halogens is 1. The van der Waals surface area contributed by atoms with Crippen molar-refractivity contribution < 1.29 is 8.81 Å². The van der Waals surface area contributed by atoms with Crippen LogP contribution in [0.5, 0.6) is 0 Å². The zero-order valence-electron chi connectivity index (χ0n) is 12.5. The fourth-order valence-corrected chi connectivity index (χ4v) is 2.40. The van der Waals surface area contributed by atoms with E-state index < -0.39 is 0 Å². The first-order valence-electron chi connectivity index (χ1n) is 7.39. The molecule has 1 N–H and O–H groups in total. The smallest absolute Gasteiger partial charge is 0.125 e. The molecule has 1 aromatic heterocycles. The van der Waals surface area contributed by atoms with Crippen LogP contribution >= 0.6 is 0 Å². The molecular weight excluding hydrogens is 267 g/mol. The Morgan fingerprint density at radius 1 is 1.29 bits per heavy atom. The Balaban J connectivity index is 1.70. The highest BCUT2D eigenvalue weighted by atomic mass is 19.1. The predicted octanol–water partition coefficient (Wildman–Crippen LogP) is 3.62. The third-order valence-corrected chi connectivity index (χ3v) is 3.74. The standard InChI is InChI=1S/C17H21FN2O/c1-12-3-6-17(21-12)11-20(2)16-8-13(7-14(18)9-16)10-19-15-4-5-15/h3,6-9,15,19H,4-5,10-11H2,1-2H3. The van der Waals surface area contributed by atoms with Crippen molar-refractivity contribution in [1.29, 1.82) is 0 Å². The molecule has 3 nitrogen and oxygen atoms in total. The van der Waals surface area contributed by atoms with E-state index in [4.69, 9.17) is 4.42 Å². The number of furan rings is 1. The van der Waals surface area contributed by atoms with Gasteiger partial charge in [0.15, 0.2) is 0 Å². The summed E-state index contributed by atoms with van der Waals surface area (Å²) in [6, 6.07) is 9.73. The summed E-state index contributed by atoms with van der Waals surface area (Å²) in [5.41, 5.74) is 1.86. The zero-order valence-corrected chi connectivity index (χ0v) is 12.5. The Kier molecular flexibility index (Phi) is 3.97. The summed E-state index contributed by atoms with van der Waals surface area (Å²) in [6.07, 6.45) is 2.47. The van der Waals surface area contributed by atoms with Crippen LogP contribution in [0.3, 0.4) is 0 Å². The highest BCUT2D eigenvalue weighted by Gasteiger charge is 2.20. The second kappa shape index (κ2) is 5.90. The Morgan fingerprint density at radius 2 is 2.10 bits per heavy atom. The van der Waals surface area contributed by atoms with Gasteiger partial charge >= 0.3 is 0 Å². The van der Waals surface area contributed by atoms with Crippen molar-refractivity contribution in [2.75, 3.05) is 11.9 Å². The van der Waals surface area contributed by atoms with E-state index in [1.807, 2.05) is 37.1 Å². The molecule has 0 spiro atoms. The lowest BCUT2D eigenvalue weighted by molar-refractivity contribution is 0.481. The second-order valence-electron chi connectivity index (χ2n) is 5.84. The van der Waals surface area contributed by atoms with Crippen LogP contribution in [0.25, 0.3) is 0 Å². The van der Waals surface area contributed by atoms with Crippen molar-refractivity contribution >= 4 is 5.69 Å². The number of nitrogens with zero attached hydrogens (tertiary/aromatic N) is 1. The van der Waals surface area contributed by atoms with Crippen LogP contribution in [0.1, 0.15) is 29.9 Å². The average Bonchev–Trinajstić information content (AvgIpc) is 3.19. The van der Waals surface area contributed by atoms with Gasteiger partial charge in [0.25, 0.3) is 0 Å². The summed E-state index contributed by atoms with van der Waals surface area (Å²) in [5.74, 6) is 1.59. The topological polar surface area (TPSA) is 28.4 Å². The first-order valence-corrected chi connectivity index (χ1v) is 7.39. The normalized spacial score (nSPS) is 14.4. The van der Waals surface area contributed by atoms with Gasteiger partial charge in [-0.3, -0.25) is 0 Å². The van der Waals surface area contributed by atoms with Gasteiger partial charge in [0, 0.05) is 25.3 Å². The molecule has 4 heteroatoms. The molecule has 0 radical (unpaired) electrons. The first-order chi connectivity index (χ1) is 10.1. The maximum atomic E-state index is 13.8. The Morgan fingerprint density at radius 3 is 2.76 bits per heavy atom. The van der Waals surface area contributed by atoms with Gasteiger partial charge in [-0.1, -0.05) is 0 Å². The summed E-state index contributed by atoms with van der Waals surface area (Å²) in [6.45, 7) is 3.28. The summed E-state index contributed by atoms with van der Waals surface area (Å²) in [4.78, 5) is 2.00. The largest absolute Gasteiger partial charge is 0.464 e. The number of nitrogens with one attached hydrogen (secondary N) is 1. The third-order valence-electron chi connectivity index (χ3n) is 3.74. The van der Waals surface area contributed by atoms with Gasteiger partial charge < -0.3 is 14.6 Å². The maximum absolute atomic E-state index is 13.8. The quantitative estimate of drug-likeness (QED) is 0.880. The Labute approximate surface area is 124 Å². The van der Waals surface area contributed by atoms with Crippen molar-refractivity contribution in [3.63, 3.8) is 0 Å². The van der Waals surface area contributed by atoms with Crippen molar-refractivity contribution in [3.8, 4) is 0 Å². The lowest BCUT2D eigenvalue weighted by Gasteiger charge is -2.19. The summed E-state index contributed by atoms with van der Waals surface area (Å²) < 4.78 is 19.4. The van der Waals surface area contributed by atoms with Crippen molar-refractivity contribution in [2.45, 2.75) is 38.9 Å². The molecule has 21 heavy (non-hydrogen) atoms. The van der Waals surface area contributed by atoms with Crippen LogP contribution in [-0.4, -0.2) is 13.1 Å². The van der Waals surface area contributed by atoms with Crippen molar-refractivity contribution in [2.24, 2.45) is 0 Å². The average molecular weight is 288 g/mol. The number of aryl methyl sites for hydroxylation is 1. The molecule has 1 saturated carbocycles. The highest BCUT2D eigenvalue weighted by Crippen LogP contribution is 2.22. The van der Waals surface area contributed by atoms with Crippen LogP contribution in [0, 0.1) is 12.7 Å². The molecule has 0 saturated heterocycles. The number of anilines is 1. The minimum Gasteiger partial charge on any atom is -0.464 e. The monoisotopic (exact) mass is 288 g/mol. The van der Waals surface area contributed by atoms with Crippen molar-refractivity contribution in [1.82, 2.24) is 5.32 Å². The van der Waals surface area contributed by atoms with Gasteiger partial charge in [-0.15, -0.1) is 0 Å². The molecular formula is C17H21FN2O. The molecule has 1 heterocycles. The van der Waals surface area contributed by atoms with Crippen LogP contribution in [0.4, 0.5) is 10.1 Å². The first kappa shape index (κ1) is 14.1. The molecule has 0 atom stereocenters. The van der Waals surface area contributed by atoms with E-state index in [-0.39, 0.29) is 5.82 Å². The minimum atomic E-state index is -0.192. The molecule has 1 aliphatic carbocycles. The van der Waals surface area contributed by atoms with E-state index >= 15 is 0 Å². The molecule has 0 bridgehead atoms. The molecule has 1 aliphatic rings. The van der Waals surface area contributed by atoms with E-state index in [0.717, 1.165) is 29.3 Å². The third kappa shape index (κ3) is 3.85. The number of benzene rings is 1. The number of hydrogen-bond acceptors (Lipinski definition) is 3. The van der Waals surface area contributed by atoms with Gasteiger partial charge in [0.05, 0.1) is 6.54 Å². The zero-order chi connectivity index (χ0) is 14.8. The SMILES string of the molecule is Cc1ccc(CN(C)c2cc(F)cc(CNC3CC3)c2)o1. The molecule has 2 aromatic rings. The van der Waals surface area contributed by atoms with Gasteiger partial charge in [0.1, 0.15) is 17.3 Å². The molecule has 1 fully saturated rings. The molecule has 0 amide bonds. The van der Waals surface area contributed by atoms with E-state index in [9.17, 15) is 4.39 Å². The summed E-state index contributed by atoms with van der Waals surface area (Å²) >= 11 is 0. The van der Waals surface area contributed by atoms with Crippen LogP contribution in [0.2, 0.25) is 0 Å². The fraction of sp³-hybridized carbons (Fsp3) is 0.412. The molecule has 3 rings (SSSR count). The fourth-order valence-electron chi connectivity index (χ4n) is 2.40. The summed E-state index contributed by atoms with van der Waals surface area (Å²) in [7, 11) is 1.95. The Hall–Kier alpha value is -1.81. The van der Waals surface area contributed by atoms with Crippen LogP contribution < -0.4 is 10.2 Å². The van der Waals surface area contributed by atoms with Crippen LogP contribution in [-0.2, 0) is 13.1 Å². The lowest BCUT2D eigenvalue weighted by Crippen LogP contribution is -2.18. The summed E-state index contributed by atoms with van der Waals surface area (Å²) in [5, 5.41) is 3.42. The van der Waals surface area contributed by atoms with E-state index in [1.165, 1.54) is 12.8 Å². The molecule has 0 aliphatic heterocycles. The van der Waals surface area contributed by atoms with Gasteiger partial charge in [-0.25, -0.2) is 4.39 Å². The van der Waals surface area contributed by atoms with Gasteiger partial charge in [-0.2, -0.15) is 0 Å². The number of hydrogen-bond donors (Lipinski definition) is 1. The number of rotatable bonds is 6. The maximum Gasteiger partial charge on any atom is 0.125 e. The van der Waals surface area contributed by atoms with Gasteiger partial charge in [-0.05, 0) is 55.7 Å². The van der Waals surface area contributed by atoms with Gasteiger partial charge in [0.2, 0.25) is 0 Å². The highest BCUT2D eigenvalue weighted by molar-refractivity contribution is 5.48. The van der Waals surface area contributed by atoms with Crippen molar-refractivity contribution in [3.05, 3.63) is 53.2 Å². The van der Waals surface area contributed by atoms with Crippen LogP contribution in [0.15, 0.2) is 34.7 Å². The second-order valence-corrected chi connectivity index (χ2v) is 5.84.